The number of aromatic nitrogens is 2. The van der Waals surface area contributed by atoms with Gasteiger partial charge in [-0.3, -0.25) is 0 Å². The molecular formula is C14H25N3O2. The lowest BCUT2D eigenvalue weighted by Crippen LogP contribution is -2.25. The SMILES string of the molecule is CCOCCCn1ccnc1NCC1CCCOC1. The van der Waals surface area contributed by atoms with Gasteiger partial charge in [0.15, 0.2) is 0 Å². The van der Waals surface area contributed by atoms with Crippen LogP contribution in [0.5, 0.6) is 0 Å². The molecule has 5 heteroatoms. The highest BCUT2D eigenvalue weighted by Gasteiger charge is 2.14. The molecule has 1 aromatic rings. The van der Waals surface area contributed by atoms with Crippen LogP contribution < -0.4 is 5.32 Å². The molecule has 1 N–H and O–H groups in total. The molecule has 2 heterocycles. The van der Waals surface area contributed by atoms with E-state index in [2.05, 4.69) is 14.9 Å². The Kier molecular flexibility index (Phi) is 6.17. The summed E-state index contributed by atoms with van der Waals surface area (Å²) < 4.78 is 13.0. The molecule has 0 aliphatic carbocycles. The Morgan fingerprint density at radius 2 is 2.53 bits per heavy atom. The molecule has 108 valence electrons. The topological polar surface area (TPSA) is 48.3 Å². The van der Waals surface area contributed by atoms with Gasteiger partial charge in [0.25, 0.3) is 0 Å². The summed E-state index contributed by atoms with van der Waals surface area (Å²) in [6.45, 7) is 7.31. The zero-order chi connectivity index (χ0) is 13.3. The Morgan fingerprint density at radius 3 is 3.32 bits per heavy atom. The minimum atomic E-state index is 0.613. The van der Waals surface area contributed by atoms with Crippen molar-refractivity contribution < 1.29 is 9.47 Å². The van der Waals surface area contributed by atoms with Crippen LogP contribution in [0.2, 0.25) is 0 Å². The summed E-state index contributed by atoms with van der Waals surface area (Å²) in [7, 11) is 0. The largest absolute Gasteiger partial charge is 0.382 e. The van der Waals surface area contributed by atoms with Gasteiger partial charge in [-0.25, -0.2) is 4.98 Å². The van der Waals surface area contributed by atoms with Crippen LogP contribution in [0.25, 0.3) is 0 Å². The highest BCUT2D eigenvalue weighted by atomic mass is 16.5. The van der Waals surface area contributed by atoms with Gasteiger partial charge < -0.3 is 19.4 Å². The number of nitrogens with one attached hydrogen (secondary N) is 1. The van der Waals surface area contributed by atoms with Crippen molar-refractivity contribution in [2.45, 2.75) is 32.7 Å². The number of hydrogen-bond donors (Lipinski definition) is 1. The average molecular weight is 267 g/mol. The predicted molar refractivity (Wildman–Crippen MR) is 75.4 cm³/mol. The third-order valence-electron chi connectivity index (χ3n) is 3.41. The number of rotatable bonds is 8. The van der Waals surface area contributed by atoms with Crippen molar-refractivity contribution in [3.05, 3.63) is 12.4 Å². The van der Waals surface area contributed by atoms with E-state index in [4.69, 9.17) is 9.47 Å². The number of ether oxygens (including phenoxy) is 2. The van der Waals surface area contributed by atoms with Gasteiger partial charge in [-0.2, -0.15) is 0 Å². The molecular weight excluding hydrogens is 242 g/mol. The highest BCUT2D eigenvalue weighted by molar-refractivity contribution is 5.25. The molecule has 1 saturated heterocycles. The lowest BCUT2D eigenvalue weighted by molar-refractivity contribution is 0.0594. The van der Waals surface area contributed by atoms with E-state index in [0.717, 1.165) is 51.9 Å². The van der Waals surface area contributed by atoms with Crippen LogP contribution in [0.15, 0.2) is 12.4 Å². The minimum absolute atomic E-state index is 0.613. The fraction of sp³-hybridized carbons (Fsp3) is 0.786. The van der Waals surface area contributed by atoms with E-state index in [1.54, 1.807) is 0 Å². The Morgan fingerprint density at radius 1 is 1.58 bits per heavy atom. The summed E-state index contributed by atoms with van der Waals surface area (Å²) in [6, 6.07) is 0. The molecule has 0 spiro atoms. The maximum atomic E-state index is 5.49. The standard InChI is InChI=1S/C14H25N3O2/c1-2-18-10-4-7-17-8-6-15-14(17)16-11-13-5-3-9-19-12-13/h6,8,13H,2-5,7,9-12H2,1H3,(H,15,16). The number of hydrogen-bond acceptors (Lipinski definition) is 4. The van der Waals surface area contributed by atoms with Crippen LogP contribution in [-0.2, 0) is 16.0 Å². The summed E-state index contributed by atoms with van der Waals surface area (Å²) >= 11 is 0. The number of imidazole rings is 1. The Balaban J connectivity index is 1.72. The van der Waals surface area contributed by atoms with Crippen molar-refractivity contribution >= 4 is 5.95 Å². The van der Waals surface area contributed by atoms with E-state index in [9.17, 15) is 0 Å². The van der Waals surface area contributed by atoms with Crippen LogP contribution in [0.3, 0.4) is 0 Å². The molecule has 1 aromatic heterocycles. The average Bonchev–Trinajstić information content (AvgIpc) is 2.90. The van der Waals surface area contributed by atoms with Gasteiger partial charge in [0.1, 0.15) is 0 Å². The summed E-state index contributed by atoms with van der Waals surface area (Å²) in [4.78, 5) is 4.37. The van der Waals surface area contributed by atoms with Gasteiger partial charge in [0.2, 0.25) is 5.95 Å². The van der Waals surface area contributed by atoms with Crippen LogP contribution in [0, 0.1) is 5.92 Å². The lowest BCUT2D eigenvalue weighted by Gasteiger charge is -2.22. The molecule has 2 rings (SSSR count). The summed E-state index contributed by atoms with van der Waals surface area (Å²) in [5.74, 6) is 1.57. The summed E-state index contributed by atoms with van der Waals surface area (Å²) in [6.07, 6.45) is 7.31. The Bertz CT molecular complexity index is 348. The number of anilines is 1. The third-order valence-corrected chi connectivity index (χ3v) is 3.41. The normalized spacial score (nSPS) is 19.5. The van der Waals surface area contributed by atoms with Gasteiger partial charge in [0, 0.05) is 45.3 Å². The molecule has 1 unspecified atom stereocenters. The van der Waals surface area contributed by atoms with Crippen LogP contribution >= 0.6 is 0 Å². The molecule has 1 atom stereocenters. The zero-order valence-electron chi connectivity index (χ0n) is 11.8. The Labute approximate surface area is 115 Å². The van der Waals surface area contributed by atoms with E-state index < -0.39 is 0 Å². The van der Waals surface area contributed by atoms with Crippen LogP contribution in [0.1, 0.15) is 26.2 Å². The van der Waals surface area contributed by atoms with E-state index in [0.29, 0.717) is 5.92 Å². The van der Waals surface area contributed by atoms with Gasteiger partial charge in [-0.05, 0) is 32.1 Å². The quantitative estimate of drug-likeness (QED) is 0.733. The second-order valence-corrected chi connectivity index (χ2v) is 4.96. The summed E-state index contributed by atoms with van der Waals surface area (Å²) in [5, 5.41) is 3.43. The highest BCUT2D eigenvalue weighted by Crippen LogP contribution is 2.14. The molecule has 0 amide bonds. The third kappa shape index (κ3) is 4.84. The fourth-order valence-electron chi connectivity index (χ4n) is 2.34. The van der Waals surface area contributed by atoms with E-state index in [-0.39, 0.29) is 0 Å². The molecule has 19 heavy (non-hydrogen) atoms. The number of aryl methyl sites for hydroxylation is 1. The molecule has 0 radical (unpaired) electrons. The van der Waals surface area contributed by atoms with Gasteiger partial charge in [-0.15, -0.1) is 0 Å². The summed E-state index contributed by atoms with van der Waals surface area (Å²) in [5.41, 5.74) is 0. The monoisotopic (exact) mass is 267 g/mol. The Hall–Kier alpha value is -1.07. The van der Waals surface area contributed by atoms with Crippen LogP contribution in [0.4, 0.5) is 5.95 Å². The van der Waals surface area contributed by atoms with Gasteiger partial charge >= 0.3 is 0 Å². The van der Waals surface area contributed by atoms with E-state index in [1.807, 2.05) is 19.3 Å². The molecule has 5 nitrogen and oxygen atoms in total. The maximum Gasteiger partial charge on any atom is 0.202 e. The van der Waals surface area contributed by atoms with E-state index in [1.165, 1.54) is 12.8 Å². The van der Waals surface area contributed by atoms with Crippen molar-refractivity contribution in [2.24, 2.45) is 5.92 Å². The first-order valence-electron chi connectivity index (χ1n) is 7.30. The van der Waals surface area contributed by atoms with Crippen LogP contribution in [-0.4, -0.2) is 42.5 Å². The maximum absolute atomic E-state index is 5.49. The fourth-order valence-corrected chi connectivity index (χ4v) is 2.34. The van der Waals surface area contributed by atoms with Gasteiger partial charge in [0.05, 0.1) is 6.61 Å². The van der Waals surface area contributed by atoms with Crippen molar-refractivity contribution in [3.63, 3.8) is 0 Å². The van der Waals surface area contributed by atoms with Crippen molar-refractivity contribution in [2.75, 3.05) is 38.3 Å². The second-order valence-electron chi connectivity index (χ2n) is 4.96. The lowest BCUT2D eigenvalue weighted by atomic mass is 10.0. The first kappa shape index (κ1) is 14.3. The molecule has 0 bridgehead atoms. The first-order valence-corrected chi connectivity index (χ1v) is 7.30. The molecule has 0 saturated carbocycles. The van der Waals surface area contributed by atoms with Crippen molar-refractivity contribution in [3.8, 4) is 0 Å². The van der Waals surface area contributed by atoms with E-state index >= 15 is 0 Å². The second kappa shape index (κ2) is 8.17. The predicted octanol–water partition coefficient (Wildman–Crippen LogP) is 2.15. The van der Waals surface area contributed by atoms with Gasteiger partial charge in [-0.1, -0.05) is 0 Å². The van der Waals surface area contributed by atoms with Crippen molar-refractivity contribution in [1.29, 1.82) is 0 Å². The zero-order valence-corrected chi connectivity index (χ0v) is 11.8. The van der Waals surface area contributed by atoms with Crippen molar-refractivity contribution in [1.82, 2.24) is 9.55 Å². The number of nitrogens with zero attached hydrogens (tertiary/aromatic N) is 2. The molecule has 1 fully saturated rings. The molecule has 1 aliphatic rings. The smallest absolute Gasteiger partial charge is 0.202 e. The first-order chi connectivity index (χ1) is 9.40. The molecule has 1 aliphatic heterocycles. The minimum Gasteiger partial charge on any atom is -0.382 e. The molecule has 0 aromatic carbocycles.